The summed E-state index contributed by atoms with van der Waals surface area (Å²) in [4.78, 5) is 13.3. The predicted molar refractivity (Wildman–Crippen MR) is 45.6 cm³/mol. The number of aromatic amines is 1. The van der Waals surface area contributed by atoms with Gasteiger partial charge < -0.3 is 10.7 Å². The van der Waals surface area contributed by atoms with Gasteiger partial charge in [0.1, 0.15) is 23.5 Å². The van der Waals surface area contributed by atoms with Crippen LogP contribution in [-0.2, 0) is 0 Å². The highest BCUT2D eigenvalue weighted by Gasteiger charge is 2.11. The van der Waals surface area contributed by atoms with Gasteiger partial charge in [-0.15, -0.1) is 0 Å². The first-order chi connectivity index (χ1) is 6.11. The fourth-order valence-corrected chi connectivity index (χ4v) is 1.02. The normalized spacial score (nSPS) is 8.85. The first kappa shape index (κ1) is 8.82. The first-order valence-corrected chi connectivity index (χ1v) is 3.44. The number of pyridine rings is 1. The molecule has 1 heterocycles. The molecule has 0 aliphatic rings. The number of aromatic nitrogens is 1. The van der Waals surface area contributed by atoms with E-state index in [1.54, 1.807) is 6.07 Å². The molecule has 1 aromatic heterocycles. The van der Waals surface area contributed by atoms with Gasteiger partial charge in [-0.3, -0.25) is 4.79 Å². The quantitative estimate of drug-likeness (QED) is 0.577. The third-order valence-electron chi connectivity index (χ3n) is 1.72. The van der Waals surface area contributed by atoms with E-state index in [1.165, 1.54) is 6.92 Å². The van der Waals surface area contributed by atoms with Crippen molar-refractivity contribution in [3.05, 3.63) is 27.0 Å². The molecule has 0 atom stereocenters. The zero-order valence-electron chi connectivity index (χ0n) is 6.88. The van der Waals surface area contributed by atoms with E-state index in [2.05, 4.69) is 4.98 Å². The summed E-state index contributed by atoms with van der Waals surface area (Å²) in [5.41, 5.74) is 5.22. The van der Waals surface area contributed by atoms with Crippen molar-refractivity contribution in [2.24, 2.45) is 0 Å². The number of rotatable bonds is 0. The summed E-state index contributed by atoms with van der Waals surface area (Å²) in [6.45, 7) is 1.52. The molecule has 0 spiro atoms. The van der Waals surface area contributed by atoms with Gasteiger partial charge in [0.15, 0.2) is 0 Å². The molecule has 13 heavy (non-hydrogen) atoms. The number of H-pyrrole nitrogens is 1. The van der Waals surface area contributed by atoms with Gasteiger partial charge in [0, 0.05) is 0 Å². The van der Waals surface area contributed by atoms with Crippen LogP contribution in [0.4, 0.5) is 5.82 Å². The molecule has 0 radical (unpaired) electrons. The van der Waals surface area contributed by atoms with E-state index in [-0.39, 0.29) is 16.9 Å². The van der Waals surface area contributed by atoms with Crippen molar-refractivity contribution < 1.29 is 0 Å². The van der Waals surface area contributed by atoms with Crippen LogP contribution in [0.2, 0.25) is 0 Å². The highest BCUT2D eigenvalue weighted by atomic mass is 16.1. The number of nitriles is 2. The van der Waals surface area contributed by atoms with E-state index in [4.69, 9.17) is 16.3 Å². The lowest BCUT2D eigenvalue weighted by atomic mass is 10.1. The molecule has 1 aromatic rings. The van der Waals surface area contributed by atoms with Crippen LogP contribution in [0.3, 0.4) is 0 Å². The van der Waals surface area contributed by atoms with E-state index in [1.807, 2.05) is 6.07 Å². The summed E-state index contributed by atoms with van der Waals surface area (Å²) in [5, 5.41) is 17.2. The van der Waals surface area contributed by atoms with E-state index in [9.17, 15) is 4.79 Å². The number of nitrogens with two attached hydrogens (primary N) is 1. The van der Waals surface area contributed by atoms with Gasteiger partial charge in [-0.2, -0.15) is 10.5 Å². The minimum Gasteiger partial charge on any atom is -0.384 e. The van der Waals surface area contributed by atoms with Gasteiger partial charge in [0.25, 0.3) is 5.56 Å². The molecule has 64 valence electrons. The molecule has 0 aliphatic heterocycles. The topological polar surface area (TPSA) is 106 Å². The number of nitrogens with one attached hydrogen (secondary N) is 1. The average molecular weight is 174 g/mol. The van der Waals surface area contributed by atoms with Gasteiger partial charge >= 0.3 is 0 Å². The molecule has 0 saturated heterocycles. The molecule has 0 unspecified atom stereocenters. The molecular formula is C8H6N4O. The van der Waals surface area contributed by atoms with Crippen LogP contribution in [0.25, 0.3) is 0 Å². The lowest BCUT2D eigenvalue weighted by molar-refractivity contribution is 1.17. The van der Waals surface area contributed by atoms with Crippen LogP contribution in [0.15, 0.2) is 4.79 Å². The number of anilines is 1. The highest BCUT2D eigenvalue weighted by molar-refractivity contribution is 5.57. The van der Waals surface area contributed by atoms with E-state index >= 15 is 0 Å². The predicted octanol–water partition coefficient (Wildman–Crippen LogP) is 0.00888. The van der Waals surface area contributed by atoms with Crippen molar-refractivity contribution in [1.29, 1.82) is 10.5 Å². The lowest BCUT2D eigenvalue weighted by Crippen LogP contribution is -2.16. The zero-order chi connectivity index (χ0) is 10.0. The Morgan fingerprint density at radius 1 is 1.31 bits per heavy atom. The molecular weight excluding hydrogens is 168 g/mol. The zero-order valence-corrected chi connectivity index (χ0v) is 6.88. The minimum absolute atomic E-state index is 0.00370. The van der Waals surface area contributed by atoms with Crippen LogP contribution in [-0.4, -0.2) is 4.98 Å². The maximum Gasteiger partial charge on any atom is 0.267 e. The van der Waals surface area contributed by atoms with Crippen molar-refractivity contribution >= 4 is 5.82 Å². The number of nitrogen functional groups attached to an aromatic ring is 1. The van der Waals surface area contributed by atoms with Gasteiger partial charge in [-0.25, -0.2) is 0 Å². The summed E-state index contributed by atoms with van der Waals surface area (Å²) in [7, 11) is 0. The second kappa shape index (κ2) is 3.00. The van der Waals surface area contributed by atoms with Gasteiger partial charge in [0.05, 0.1) is 5.56 Å². The molecule has 0 fully saturated rings. The summed E-state index contributed by atoms with van der Waals surface area (Å²) in [5.74, 6) is 0.00370. The Morgan fingerprint density at radius 2 is 1.85 bits per heavy atom. The number of hydrogen-bond donors (Lipinski definition) is 2. The van der Waals surface area contributed by atoms with Crippen LogP contribution in [0, 0.1) is 29.6 Å². The maximum atomic E-state index is 11.1. The molecule has 0 aliphatic carbocycles. The SMILES string of the molecule is Cc1c(C#N)c(N)[nH]c(=O)c1C#N. The number of hydrogen-bond acceptors (Lipinski definition) is 4. The Balaban J connectivity index is 3.74. The fraction of sp³-hybridized carbons (Fsp3) is 0.125. The van der Waals surface area contributed by atoms with Crippen molar-refractivity contribution in [2.75, 3.05) is 5.73 Å². The van der Waals surface area contributed by atoms with Crippen LogP contribution < -0.4 is 11.3 Å². The summed E-state index contributed by atoms with van der Waals surface area (Å²) in [6.07, 6.45) is 0. The van der Waals surface area contributed by atoms with Crippen molar-refractivity contribution in [1.82, 2.24) is 4.98 Å². The molecule has 0 aromatic carbocycles. The van der Waals surface area contributed by atoms with Gasteiger partial charge in [-0.1, -0.05) is 0 Å². The van der Waals surface area contributed by atoms with Crippen LogP contribution in [0.1, 0.15) is 16.7 Å². The standard InChI is InChI=1S/C8H6N4O/c1-4-5(2-9)7(11)12-8(13)6(4)3-10/h1H3,(H3,11,12,13). The van der Waals surface area contributed by atoms with Crippen LogP contribution >= 0.6 is 0 Å². The van der Waals surface area contributed by atoms with E-state index < -0.39 is 5.56 Å². The minimum atomic E-state index is -0.559. The monoisotopic (exact) mass is 174 g/mol. The molecule has 5 nitrogen and oxygen atoms in total. The van der Waals surface area contributed by atoms with E-state index in [0.717, 1.165) is 0 Å². The molecule has 3 N–H and O–H groups in total. The molecule has 0 saturated carbocycles. The average Bonchev–Trinajstić information content (AvgIpc) is 2.04. The molecule has 1 rings (SSSR count). The van der Waals surface area contributed by atoms with E-state index in [0.29, 0.717) is 5.56 Å². The lowest BCUT2D eigenvalue weighted by Gasteiger charge is -2.01. The second-order valence-corrected chi connectivity index (χ2v) is 2.47. The Hall–Kier alpha value is -2.27. The second-order valence-electron chi connectivity index (χ2n) is 2.47. The Labute approximate surface area is 74.0 Å². The molecule has 5 heteroatoms. The Kier molecular flexibility index (Phi) is 2.03. The summed E-state index contributed by atoms with van der Waals surface area (Å²) in [6, 6.07) is 3.53. The van der Waals surface area contributed by atoms with Crippen molar-refractivity contribution in [3.8, 4) is 12.1 Å². The Morgan fingerprint density at radius 3 is 2.31 bits per heavy atom. The first-order valence-electron chi connectivity index (χ1n) is 3.44. The van der Waals surface area contributed by atoms with Gasteiger partial charge in [0.2, 0.25) is 0 Å². The van der Waals surface area contributed by atoms with Crippen molar-refractivity contribution in [3.63, 3.8) is 0 Å². The summed E-state index contributed by atoms with van der Waals surface area (Å²) < 4.78 is 0. The highest BCUT2D eigenvalue weighted by Crippen LogP contribution is 2.12. The van der Waals surface area contributed by atoms with Crippen LogP contribution in [0.5, 0.6) is 0 Å². The molecule has 0 amide bonds. The molecule has 0 bridgehead atoms. The largest absolute Gasteiger partial charge is 0.384 e. The smallest absolute Gasteiger partial charge is 0.267 e. The fourth-order valence-electron chi connectivity index (χ4n) is 1.02. The van der Waals surface area contributed by atoms with Gasteiger partial charge in [-0.05, 0) is 12.5 Å². The summed E-state index contributed by atoms with van der Waals surface area (Å²) >= 11 is 0. The number of nitrogens with zero attached hydrogens (tertiary/aromatic N) is 2. The maximum absolute atomic E-state index is 11.1. The Bertz CT molecular complexity index is 487. The third kappa shape index (κ3) is 1.23. The van der Waals surface area contributed by atoms with Crippen molar-refractivity contribution in [2.45, 2.75) is 6.92 Å². The third-order valence-corrected chi connectivity index (χ3v) is 1.72.